The zero-order valence-corrected chi connectivity index (χ0v) is 22.2. The van der Waals surface area contributed by atoms with E-state index in [0.29, 0.717) is 41.4 Å². The van der Waals surface area contributed by atoms with Crippen LogP contribution in [0.15, 0.2) is 83.6 Å². The van der Waals surface area contributed by atoms with Crippen LogP contribution in [-0.4, -0.2) is 53.1 Å². The minimum atomic E-state index is -1.23. The summed E-state index contributed by atoms with van der Waals surface area (Å²) in [5.74, 6) is -1.94. The van der Waals surface area contributed by atoms with Crippen molar-refractivity contribution in [2.45, 2.75) is 18.9 Å². The van der Waals surface area contributed by atoms with Crippen LogP contribution < -0.4 is 14.8 Å². The molecule has 0 radical (unpaired) electrons. The highest BCUT2D eigenvalue weighted by Crippen LogP contribution is 2.33. The number of pyridine rings is 2. The van der Waals surface area contributed by atoms with E-state index in [1.165, 1.54) is 48.8 Å². The summed E-state index contributed by atoms with van der Waals surface area (Å²) in [5, 5.41) is 13.6. The first-order valence-electron chi connectivity index (χ1n) is 12.7. The predicted octanol–water partition coefficient (Wildman–Crippen LogP) is 5.17. The summed E-state index contributed by atoms with van der Waals surface area (Å²) in [7, 11) is 1.57. The van der Waals surface area contributed by atoms with Crippen molar-refractivity contribution in [2.75, 3.05) is 25.6 Å². The number of benzene rings is 2. The van der Waals surface area contributed by atoms with Crippen molar-refractivity contribution in [1.29, 1.82) is 0 Å². The van der Waals surface area contributed by atoms with Crippen LogP contribution in [0.1, 0.15) is 18.4 Å². The number of carbonyl (C=O) groups excluding carboxylic acids is 1. The molecule has 2 atom stereocenters. The molecule has 4 aromatic rings. The molecule has 2 N–H and O–H groups in total. The lowest BCUT2D eigenvalue weighted by atomic mass is 9.84. The molecule has 0 bridgehead atoms. The van der Waals surface area contributed by atoms with E-state index in [-0.39, 0.29) is 22.8 Å². The molecule has 0 aliphatic carbocycles. The number of hydrogen-bond acceptors (Lipinski definition) is 8. The summed E-state index contributed by atoms with van der Waals surface area (Å²) < 4.78 is 44.8. The predicted molar refractivity (Wildman–Crippen MR) is 148 cm³/mol. The van der Waals surface area contributed by atoms with Crippen LogP contribution in [0, 0.1) is 11.6 Å². The largest absolute Gasteiger partial charge is 0.475 e. The van der Waals surface area contributed by atoms with Crippen molar-refractivity contribution in [1.82, 2.24) is 9.97 Å². The van der Waals surface area contributed by atoms with Crippen LogP contribution in [0.5, 0.6) is 17.4 Å². The smallest absolute Gasteiger partial charge is 0.255 e. The number of aliphatic hydroxyl groups excluding tert-OH is 1. The highest BCUT2D eigenvalue weighted by Gasteiger charge is 2.33. The number of rotatable bonds is 9. The Balaban J connectivity index is 1.31. The molecule has 2 unspecified atom stereocenters. The fourth-order valence-corrected chi connectivity index (χ4v) is 4.38. The first kappa shape index (κ1) is 27.8. The first-order valence-corrected chi connectivity index (χ1v) is 12.7. The molecule has 5 rings (SSSR count). The van der Waals surface area contributed by atoms with Crippen LogP contribution in [0.25, 0.3) is 11.0 Å². The molecular formula is C30H26F2N4O5. The molecular weight excluding hydrogens is 534 g/mol. The molecule has 2 aromatic carbocycles. The number of aliphatic hydroxyl groups is 1. The number of aromatic nitrogens is 2. The molecule has 0 spiro atoms. The molecule has 1 aliphatic heterocycles. The van der Waals surface area contributed by atoms with Crippen molar-refractivity contribution < 1.29 is 32.9 Å². The molecule has 1 aliphatic rings. The molecule has 210 valence electrons. The zero-order valence-electron chi connectivity index (χ0n) is 22.2. The standard InChI is InChI=1S/C30H26F2N4O5/c1-17-27(18-3-5-19(31)6-4-18)29(37)21(16-34-17)30(38)35-20-7-9-24(22(32)15-20)41-25-11-12-33-23-8-10-26(36-28(23)25)40-14-13-39-2/h3-12,15-16,27,29,37H,13-14H2,1-2H3,(H,35,38). The Morgan fingerprint density at radius 1 is 1.02 bits per heavy atom. The van der Waals surface area contributed by atoms with Crippen molar-refractivity contribution in [3.05, 3.63) is 95.8 Å². The van der Waals surface area contributed by atoms with Gasteiger partial charge in [0.25, 0.3) is 5.91 Å². The summed E-state index contributed by atoms with van der Waals surface area (Å²) in [5.41, 5.74) is 2.22. The van der Waals surface area contributed by atoms with Crippen LogP contribution in [0.2, 0.25) is 0 Å². The van der Waals surface area contributed by atoms with Gasteiger partial charge in [-0.25, -0.2) is 13.8 Å². The monoisotopic (exact) mass is 560 g/mol. The van der Waals surface area contributed by atoms with E-state index in [9.17, 15) is 14.3 Å². The number of ether oxygens (including phenoxy) is 3. The van der Waals surface area contributed by atoms with Crippen LogP contribution >= 0.6 is 0 Å². The van der Waals surface area contributed by atoms with Crippen LogP contribution in [-0.2, 0) is 9.53 Å². The van der Waals surface area contributed by atoms with E-state index in [1.54, 1.807) is 32.2 Å². The Kier molecular flexibility index (Phi) is 8.27. The Labute approximate surface area is 234 Å². The molecule has 1 amide bonds. The third-order valence-corrected chi connectivity index (χ3v) is 6.45. The summed E-state index contributed by atoms with van der Waals surface area (Å²) in [6, 6.07) is 14.5. The topological polar surface area (TPSA) is 115 Å². The number of carbonyl (C=O) groups is 1. The van der Waals surface area contributed by atoms with Crippen molar-refractivity contribution >= 4 is 28.3 Å². The van der Waals surface area contributed by atoms with Crippen molar-refractivity contribution in [3.63, 3.8) is 0 Å². The summed E-state index contributed by atoms with van der Waals surface area (Å²) in [4.78, 5) is 26.0. The number of aliphatic imine (C=N–C) groups is 1. The van der Waals surface area contributed by atoms with Gasteiger partial charge in [-0.2, -0.15) is 0 Å². The van der Waals surface area contributed by atoms with E-state index in [1.807, 2.05) is 0 Å². The summed E-state index contributed by atoms with van der Waals surface area (Å²) in [6.45, 7) is 2.41. The normalized spacial score (nSPS) is 16.6. The number of anilines is 1. The third-order valence-electron chi connectivity index (χ3n) is 6.45. The van der Waals surface area contributed by atoms with E-state index >= 15 is 4.39 Å². The van der Waals surface area contributed by atoms with Gasteiger partial charge >= 0.3 is 0 Å². The summed E-state index contributed by atoms with van der Waals surface area (Å²) in [6.07, 6.45) is 1.56. The first-order chi connectivity index (χ1) is 19.8. The van der Waals surface area contributed by atoms with Gasteiger partial charge in [0.15, 0.2) is 17.3 Å². The quantitative estimate of drug-likeness (QED) is 0.272. The van der Waals surface area contributed by atoms with Crippen LogP contribution in [0.3, 0.4) is 0 Å². The maximum absolute atomic E-state index is 15.1. The SMILES string of the molecule is COCCOc1ccc2nccc(Oc3ccc(NC(=O)C4=CN=C(C)C(c5ccc(F)cc5)C4O)cc3F)c2n1. The fourth-order valence-electron chi connectivity index (χ4n) is 4.38. The number of nitrogens with one attached hydrogen (secondary N) is 1. The second-order valence-corrected chi connectivity index (χ2v) is 9.20. The number of halogens is 2. The van der Waals surface area contributed by atoms with Crippen molar-refractivity contribution in [3.8, 4) is 17.4 Å². The highest BCUT2D eigenvalue weighted by atomic mass is 19.1. The van der Waals surface area contributed by atoms with Gasteiger partial charge in [-0.1, -0.05) is 12.1 Å². The van der Waals surface area contributed by atoms with Gasteiger partial charge in [0, 0.05) is 49.1 Å². The van der Waals surface area contributed by atoms with Gasteiger partial charge < -0.3 is 24.6 Å². The molecule has 11 heteroatoms. The minimum Gasteiger partial charge on any atom is -0.475 e. The number of amides is 1. The molecule has 0 fully saturated rings. The lowest BCUT2D eigenvalue weighted by molar-refractivity contribution is -0.113. The van der Waals surface area contributed by atoms with Crippen LogP contribution in [0.4, 0.5) is 14.5 Å². The van der Waals surface area contributed by atoms with E-state index in [0.717, 1.165) is 6.07 Å². The Bertz CT molecular complexity index is 1640. The second-order valence-electron chi connectivity index (χ2n) is 9.20. The van der Waals surface area contributed by atoms with Gasteiger partial charge in [0.2, 0.25) is 5.88 Å². The van der Waals surface area contributed by atoms with Gasteiger partial charge in [-0.3, -0.25) is 14.8 Å². The Morgan fingerprint density at radius 2 is 1.83 bits per heavy atom. The molecule has 3 heterocycles. The van der Waals surface area contributed by atoms with E-state index in [2.05, 4.69) is 20.3 Å². The Hall–Kier alpha value is -4.74. The maximum atomic E-state index is 15.1. The molecule has 9 nitrogen and oxygen atoms in total. The van der Waals surface area contributed by atoms with Crippen molar-refractivity contribution in [2.24, 2.45) is 4.99 Å². The van der Waals surface area contributed by atoms with Gasteiger partial charge in [-0.05, 0) is 42.8 Å². The molecule has 0 saturated heterocycles. The fraction of sp³-hybridized carbons (Fsp3) is 0.200. The highest BCUT2D eigenvalue weighted by molar-refractivity contribution is 6.07. The molecule has 0 saturated carbocycles. The average Bonchev–Trinajstić information content (AvgIpc) is 2.96. The van der Waals surface area contributed by atoms with E-state index < -0.39 is 29.6 Å². The number of fused-ring (bicyclic) bond motifs is 1. The maximum Gasteiger partial charge on any atom is 0.255 e. The van der Waals surface area contributed by atoms with Gasteiger partial charge in [-0.15, -0.1) is 0 Å². The minimum absolute atomic E-state index is 0.0106. The molecule has 2 aromatic heterocycles. The average molecular weight is 561 g/mol. The van der Waals surface area contributed by atoms with Gasteiger partial charge in [0.05, 0.1) is 29.7 Å². The van der Waals surface area contributed by atoms with E-state index in [4.69, 9.17) is 14.2 Å². The number of hydrogen-bond donors (Lipinski definition) is 2. The number of nitrogens with zero attached hydrogens (tertiary/aromatic N) is 3. The second kappa shape index (κ2) is 12.2. The number of methoxy groups -OCH3 is 1. The Morgan fingerprint density at radius 3 is 2.59 bits per heavy atom. The molecule has 41 heavy (non-hydrogen) atoms. The lowest BCUT2D eigenvalue weighted by Crippen LogP contribution is -2.34. The lowest BCUT2D eigenvalue weighted by Gasteiger charge is -2.27. The summed E-state index contributed by atoms with van der Waals surface area (Å²) >= 11 is 0. The zero-order chi connectivity index (χ0) is 28.9. The van der Waals surface area contributed by atoms with Gasteiger partial charge in [0.1, 0.15) is 17.9 Å². The third kappa shape index (κ3) is 6.21.